The summed E-state index contributed by atoms with van der Waals surface area (Å²) in [6, 6.07) is 0. The van der Waals surface area contributed by atoms with Crippen molar-refractivity contribution in [3.8, 4) is 0 Å². The minimum atomic E-state index is -4.09. The SMILES string of the molecule is CON(C)C(=O)OC(F)(F)CF. The number of ether oxygens (including phenoxy) is 1. The van der Waals surface area contributed by atoms with E-state index in [0.29, 0.717) is 5.06 Å². The van der Waals surface area contributed by atoms with Gasteiger partial charge in [-0.25, -0.2) is 9.18 Å². The highest BCUT2D eigenvalue weighted by molar-refractivity contribution is 5.66. The Morgan fingerprint density at radius 3 is 2.42 bits per heavy atom. The molecule has 0 heterocycles. The fourth-order valence-corrected chi connectivity index (χ4v) is 0.294. The molecule has 0 aliphatic carbocycles. The van der Waals surface area contributed by atoms with Crippen LogP contribution >= 0.6 is 0 Å². The maximum atomic E-state index is 12.0. The average Bonchev–Trinajstić information content (AvgIpc) is 2.02. The Labute approximate surface area is 66.8 Å². The number of hydroxylamine groups is 2. The van der Waals surface area contributed by atoms with Gasteiger partial charge in [-0.3, -0.25) is 4.84 Å². The number of carbonyl (C=O) groups is 1. The van der Waals surface area contributed by atoms with Gasteiger partial charge in [-0.05, 0) is 0 Å². The molecule has 0 saturated heterocycles. The van der Waals surface area contributed by atoms with Crippen molar-refractivity contribution in [2.24, 2.45) is 0 Å². The number of halogens is 3. The highest BCUT2D eigenvalue weighted by Gasteiger charge is 2.35. The number of hydrogen-bond donors (Lipinski definition) is 0. The highest BCUT2D eigenvalue weighted by atomic mass is 19.3. The van der Waals surface area contributed by atoms with Gasteiger partial charge in [-0.2, -0.15) is 13.8 Å². The zero-order chi connectivity index (χ0) is 9.78. The van der Waals surface area contributed by atoms with Gasteiger partial charge in [0.05, 0.1) is 7.11 Å². The van der Waals surface area contributed by atoms with Crippen molar-refractivity contribution >= 4 is 6.09 Å². The van der Waals surface area contributed by atoms with Gasteiger partial charge in [-0.15, -0.1) is 0 Å². The van der Waals surface area contributed by atoms with Crippen molar-refractivity contribution in [1.82, 2.24) is 5.06 Å². The van der Waals surface area contributed by atoms with Gasteiger partial charge in [0, 0.05) is 7.05 Å². The number of nitrogens with zero attached hydrogens (tertiary/aromatic N) is 1. The van der Waals surface area contributed by atoms with Crippen LogP contribution in [-0.2, 0) is 9.57 Å². The van der Waals surface area contributed by atoms with Crippen LogP contribution in [0, 0.1) is 0 Å². The molecule has 0 saturated carbocycles. The fourth-order valence-electron chi connectivity index (χ4n) is 0.294. The van der Waals surface area contributed by atoms with Gasteiger partial charge in [0.2, 0.25) is 0 Å². The fraction of sp³-hybridized carbons (Fsp3) is 0.800. The van der Waals surface area contributed by atoms with Crippen molar-refractivity contribution in [1.29, 1.82) is 0 Å². The normalized spacial score (nSPS) is 11.1. The molecular weight excluding hydrogens is 179 g/mol. The lowest BCUT2D eigenvalue weighted by Gasteiger charge is -2.17. The molecule has 0 radical (unpaired) electrons. The molecule has 0 aromatic carbocycles. The van der Waals surface area contributed by atoms with E-state index in [2.05, 4.69) is 9.57 Å². The zero-order valence-corrected chi connectivity index (χ0v) is 6.51. The summed E-state index contributed by atoms with van der Waals surface area (Å²) in [7, 11) is 2.13. The molecule has 0 aromatic heterocycles. The number of hydrogen-bond acceptors (Lipinski definition) is 3. The van der Waals surface area contributed by atoms with Gasteiger partial charge in [0.1, 0.15) is 0 Å². The van der Waals surface area contributed by atoms with Crippen LogP contribution in [0.4, 0.5) is 18.0 Å². The molecule has 72 valence electrons. The molecule has 0 aliphatic rings. The smallest absolute Gasteiger partial charge is 0.380 e. The third-order valence-electron chi connectivity index (χ3n) is 0.923. The van der Waals surface area contributed by atoms with E-state index in [1.54, 1.807) is 0 Å². The number of alkyl halides is 3. The largest absolute Gasteiger partial charge is 0.438 e. The second-order valence-corrected chi connectivity index (χ2v) is 1.82. The second kappa shape index (κ2) is 4.15. The minimum Gasteiger partial charge on any atom is -0.380 e. The van der Waals surface area contributed by atoms with Gasteiger partial charge in [-0.1, -0.05) is 0 Å². The zero-order valence-electron chi connectivity index (χ0n) is 6.51. The van der Waals surface area contributed by atoms with Crippen LogP contribution in [0.15, 0.2) is 0 Å². The number of rotatable bonds is 3. The Balaban J connectivity index is 4.00. The van der Waals surface area contributed by atoms with Crippen LogP contribution < -0.4 is 0 Å². The van der Waals surface area contributed by atoms with Gasteiger partial charge in [0.15, 0.2) is 6.67 Å². The van der Waals surface area contributed by atoms with E-state index >= 15 is 0 Å². The number of carbonyl (C=O) groups excluding carboxylic acids is 1. The first-order valence-electron chi connectivity index (χ1n) is 2.87. The highest BCUT2D eigenvalue weighted by Crippen LogP contribution is 2.16. The van der Waals surface area contributed by atoms with E-state index in [-0.39, 0.29) is 0 Å². The Morgan fingerprint density at radius 1 is 1.58 bits per heavy atom. The van der Waals surface area contributed by atoms with Gasteiger partial charge in [0.25, 0.3) is 0 Å². The Kier molecular flexibility index (Phi) is 3.81. The molecule has 1 amide bonds. The molecular formula is C5H8F3NO3. The maximum absolute atomic E-state index is 12.0. The summed E-state index contributed by atoms with van der Waals surface area (Å²) in [6.07, 6.45) is -5.55. The van der Waals surface area contributed by atoms with Crippen LogP contribution in [-0.4, -0.2) is 38.1 Å². The van der Waals surface area contributed by atoms with Crippen LogP contribution in [0.2, 0.25) is 0 Å². The van der Waals surface area contributed by atoms with Gasteiger partial charge >= 0.3 is 12.2 Å². The molecule has 4 nitrogen and oxygen atoms in total. The summed E-state index contributed by atoms with van der Waals surface area (Å²) in [4.78, 5) is 14.7. The van der Waals surface area contributed by atoms with Gasteiger partial charge < -0.3 is 4.74 Å². The van der Waals surface area contributed by atoms with E-state index in [9.17, 15) is 18.0 Å². The second-order valence-electron chi connectivity index (χ2n) is 1.82. The van der Waals surface area contributed by atoms with Crippen molar-refractivity contribution in [3.05, 3.63) is 0 Å². The molecule has 0 spiro atoms. The lowest BCUT2D eigenvalue weighted by atomic mass is 10.7. The van der Waals surface area contributed by atoms with E-state index in [1.807, 2.05) is 0 Å². The van der Waals surface area contributed by atoms with E-state index in [4.69, 9.17) is 0 Å². The molecule has 7 heteroatoms. The number of amides is 1. The monoisotopic (exact) mass is 187 g/mol. The van der Waals surface area contributed by atoms with Crippen LogP contribution in [0.5, 0.6) is 0 Å². The summed E-state index contributed by atoms with van der Waals surface area (Å²) in [5.74, 6) is 0. The first-order chi connectivity index (χ1) is 5.43. The molecule has 0 N–H and O–H groups in total. The van der Waals surface area contributed by atoms with Crippen LogP contribution in [0.25, 0.3) is 0 Å². The summed E-state index contributed by atoms with van der Waals surface area (Å²) >= 11 is 0. The van der Waals surface area contributed by atoms with Crippen molar-refractivity contribution < 1.29 is 27.5 Å². The lowest BCUT2D eigenvalue weighted by molar-refractivity contribution is -0.228. The first kappa shape index (κ1) is 11.0. The Morgan fingerprint density at radius 2 is 2.08 bits per heavy atom. The minimum absolute atomic E-state index is 0.406. The molecule has 0 bridgehead atoms. The maximum Gasteiger partial charge on any atom is 0.438 e. The van der Waals surface area contributed by atoms with Crippen LogP contribution in [0.3, 0.4) is 0 Å². The molecule has 0 aromatic rings. The topological polar surface area (TPSA) is 38.8 Å². The standard InChI is InChI=1S/C5H8F3NO3/c1-9(11-2)4(10)12-5(7,8)3-6/h3H2,1-2H3. The molecule has 0 rings (SSSR count). The molecule has 12 heavy (non-hydrogen) atoms. The molecule has 0 atom stereocenters. The molecule has 0 unspecified atom stereocenters. The Bertz CT molecular complexity index is 164. The summed E-state index contributed by atoms with van der Waals surface area (Å²) in [6.45, 7) is -2.06. The van der Waals surface area contributed by atoms with Crippen molar-refractivity contribution in [2.75, 3.05) is 20.8 Å². The predicted octanol–water partition coefficient (Wildman–Crippen LogP) is 1.18. The quantitative estimate of drug-likeness (QED) is 0.622. The van der Waals surface area contributed by atoms with Crippen molar-refractivity contribution in [3.63, 3.8) is 0 Å². The first-order valence-corrected chi connectivity index (χ1v) is 2.87. The van der Waals surface area contributed by atoms with Crippen LogP contribution in [0.1, 0.15) is 0 Å². The third-order valence-corrected chi connectivity index (χ3v) is 0.923. The van der Waals surface area contributed by atoms with Crippen molar-refractivity contribution in [2.45, 2.75) is 6.11 Å². The lowest BCUT2D eigenvalue weighted by Crippen LogP contribution is -2.35. The summed E-state index contributed by atoms with van der Waals surface area (Å²) < 4.78 is 38.8. The van der Waals surface area contributed by atoms with E-state index in [0.717, 1.165) is 14.2 Å². The van der Waals surface area contributed by atoms with E-state index in [1.165, 1.54) is 0 Å². The Hall–Kier alpha value is -0.980. The molecule has 0 aliphatic heterocycles. The summed E-state index contributed by atoms with van der Waals surface area (Å²) in [5.41, 5.74) is 0. The van der Waals surface area contributed by atoms with E-state index < -0.39 is 18.9 Å². The third kappa shape index (κ3) is 3.42. The molecule has 0 fully saturated rings. The summed E-state index contributed by atoms with van der Waals surface area (Å²) in [5, 5.41) is 0.406. The predicted molar refractivity (Wildman–Crippen MR) is 32.2 cm³/mol. The average molecular weight is 187 g/mol.